The summed E-state index contributed by atoms with van der Waals surface area (Å²) >= 11 is 5.96. The minimum absolute atomic E-state index is 0.125. The van der Waals surface area contributed by atoms with E-state index in [4.69, 9.17) is 22.6 Å². The molecule has 3 N–H and O–H groups in total. The van der Waals surface area contributed by atoms with Gasteiger partial charge in [-0.2, -0.15) is 5.26 Å². The van der Waals surface area contributed by atoms with Gasteiger partial charge in [0.25, 0.3) is 5.91 Å². The van der Waals surface area contributed by atoms with Crippen LogP contribution in [0.25, 0.3) is 0 Å². The predicted octanol–water partition coefficient (Wildman–Crippen LogP) is 2.06. The largest absolute Gasteiger partial charge is 0.398 e. The van der Waals surface area contributed by atoms with E-state index in [1.54, 1.807) is 6.07 Å². The Morgan fingerprint density at radius 1 is 1.43 bits per heavy atom. The molecule has 0 atom stereocenters. The second kappa shape index (κ2) is 8.50. The van der Waals surface area contributed by atoms with Crippen LogP contribution in [0.15, 0.2) is 12.1 Å². The Labute approximate surface area is 130 Å². The molecule has 0 radical (unpaired) electrons. The van der Waals surface area contributed by atoms with E-state index in [2.05, 4.69) is 24.1 Å². The molecule has 0 spiro atoms. The number of carbonyl (C=O) groups excluding carboxylic acids is 1. The fourth-order valence-corrected chi connectivity index (χ4v) is 2.21. The van der Waals surface area contributed by atoms with Gasteiger partial charge in [-0.15, -0.1) is 0 Å². The van der Waals surface area contributed by atoms with Crippen molar-refractivity contribution < 1.29 is 4.79 Å². The molecule has 0 saturated carbocycles. The van der Waals surface area contributed by atoms with E-state index in [9.17, 15) is 4.79 Å². The van der Waals surface area contributed by atoms with Crippen molar-refractivity contribution >= 4 is 23.2 Å². The highest BCUT2D eigenvalue weighted by atomic mass is 35.5. The highest BCUT2D eigenvalue weighted by molar-refractivity contribution is 6.33. The first-order valence-corrected chi connectivity index (χ1v) is 7.36. The van der Waals surface area contributed by atoms with E-state index >= 15 is 0 Å². The summed E-state index contributed by atoms with van der Waals surface area (Å²) in [6, 6.07) is 5.14. The molecule has 1 aromatic rings. The maximum absolute atomic E-state index is 12.2. The Morgan fingerprint density at radius 2 is 2.10 bits per heavy atom. The van der Waals surface area contributed by atoms with Crippen LogP contribution in [0.3, 0.4) is 0 Å². The highest BCUT2D eigenvalue weighted by Gasteiger charge is 2.14. The Morgan fingerprint density at radius 3 is 2.67 bits per heavy atom. The molecule has 1 rings (SSSR count). The maximum Gasteiger partial charge on any atom is 0.251 e. The van der Waals surface area contributed by atoms with Gasteiger partial charge in [0.05, 0.1) is 23.2 Å². The molecular weight excluding hydrogens is 288 g/mol. The number of rotatable bonds is 7. The fourth-order valence-electron chi connectivity index (χ4n) is 2.04. The molecule has 0 heterocycles. The number of nitrogens with one attached hydrogen (secondary N) is 1. The molecule has 0 unspecified atom stereocenters. The summed E-state index contributed by atoms with van der Waals surface area (Å²) in [4.78, 5) is 14.4. The average Bonchev–Trinajstić information content (AvgIpc) is 2.47. The van der Waals surface area contributed by atoms with E-state index in [1.807, 2.05) is 6.07 Å². The predicted molar refractivity (Wildman–Crippen MR) is 85.3 cm³/mol. The van der Waals surface area contributed by atoms with Crippen LogP contribution >= 0.6 is 11.6 Å². The van der Waals surface area contributed by atoms with Crippen molar-refractivity contribution in [2.75, 3.05) is 31.9 Å². The number of halogens is 1. The monoisotopic (exact) mass is 308 g/mol. The van der Waals surface area contributed by atoms with E-state index in [0.29, 0.717) is 28.4 Å². The Hall–Kier alpha value is -1.77. The lowest BCUT2D eigenvalue weighted by molar-refractivity contribution is 0.0948. The SMILES string of the molecule is CCN(CC)CCNC(=O)c1cc(Cl)c(N)cc1CC#N. The summed E-state index contributed by atoms with van der Waals surface area (Å²) in [5.41, 5.74) is 7.10. The summed E-state index contributed by atoms with van der Waals surface area (Å²) < 4.78 is 0. The second-order valence-electron chi connectivity index (χ2n) is 4.65. The number of hydrogen-bond donors (Lipinski definition) is 2. The molecule has 1 aromatic carbocycles. The summed E-state index contributed by atoms with van der Waals surface area (Å²) in [5, 5.41) is 12.0. The topological polar surface area (TPSA) is 82.2 Å². The zero-order valence-electron chi connectivity index (χ0n) is 12.4. The molecule has 0 fully saturated rings. The molecule has 0 aliphatic heterocycles. The third-order valence-corrected chi connectivity index (χ3v) is 3.67. The van der Waals surface area contributed by atoms with Crippen molar-refractivity contribution in [2.24, 2.45) is 0 Å². The molecule has 0 aliphatic carbocycles. The summed E-state index contributed by atoms with van der Waals surface area (Å²) in [5.74, 6) is -0.227. The molecule has 1 amide bonds. The normalized spacial score (nSPS) is 10.4. The first-order valence-electron chi connectivity index (χ1n) is 6.98. The van der Waals surface area contributed by atoms with Gasteiger partial charge in [0.1, 0.15) is 0 Å². The van der Waals surface area contributed by atoms with Crippen LogP contribution in [0.4, 0.5) is 5.69 Å². The zero-order chi connectivity index (χ0) is 15.8. The minimum Gasteiger partial charge on any atom is -0.398 e. The Bertz CT molecular complexity index is 535. The number of amides is 1. The van der Waals surface area contributed by atoms with Gasteiger partial charge < -0.3 is 16.0 Å². The zero-order valence-corrected chi connectivity index (χ0v) is 13.2. The van der Waals surface area contributed by atoms with Crippen LogP contribution in [0.1, 0.15) is 29.8 Å². The van der Waals surface area contributed by atoms with E-state index in [1.165, 1.54) is 6.07 Å². The highest BCUT2D eigenvalue weighted by Crippen LogP contribution is 2.24. The lowest BCUT2D eigenvalue weighted by Crippen LogP contribution is -2.35. The molecule has 0 aromatic heterocycles. The maximum atomic E-state index is 12.2. The van der Waals surface area contributed by atoms with Crippen molar-refractivity contribution in [3.63, 3.8) is 0 Å². The lowest BCUT2D eigenvalue weighted by atomic mass is 10.0. The minimum atomic E-state index is -0.227. The van der Waals surface area contributed by atoms with Gasteiger partial charge in [-0.25, -0.2) is 0 Å². The van der Waals surface area contributed by atoms with E-state index in [-0.39, 0.29) is 12.3 Å². The second-order valence-corrected chi connectivity index (χ2v) is 5.06. The van der Waals surface area contributed by atoms with Gasteiger partial charge in [-0.3, -0.25) is 4.79 Å². The number of nitriles is 1. The third kappa shape index (κ3) is 4.92. The smallest absolute Gasteiger partial charge is 0.251 e. The van der Waals surface area contributed by atoms with Crippen LogP contribution in [0.2, 0.25) is 5.02 Å². The van der Waals surface area contributed by atoms with Crippen LogP contribution in [0.5, 0.6) is 0 Å². The fraction of sp³-hybridized carbons (Fsp3) is 0.467. The summed E-state index contributed by atoms with van der Waals surface area (Å²) in [6.45, 7) is 7.38. The quantitative estimate of drug-likeness (QED) is 0.755. The molecule has 0 aliphatic rings. The van der Waals surface area contributed by atoms with Gasteiger partial charge in [0.15, 0.2) is 0 Å². The van der Waals surface area contributed by atoms with Gasteiger partial charge in [0, 0.05) is 18.7 Å². The van der Waals surface area contributed by atoms with Crippen molar-refractivity contribution in [3.05, 3.63) is 28.3 Å². The Kier molecular flexibility index (Phi) is 7.00. The third-order valence-electron chi connectivity index (χ3n) is 3.34. The molecule has 21 heavy (non-hydrogen) atoms. The number of nitrogens with zero attached hydrogens (tertiary/aromatic N) is 2. The van der Waals surface area contributed by atoms with E-state index < -0.39 is 0 Å². The first-order chi connectivity index (χ1) is 10.0. The number of likely N-dealkylation sites (N-methyl/N-ethyl adjacent to an activating group) is 1. The van der Waals surface area contributed by atoms with Crippen LogP contribution in [0, 0.1) is 11.3 Å². The standard InChI is InChI=1S/C15H21ClN4O/c1-3-20(4-2)8-7-19-15(21)12-10-13(16)14(18)9-11(12)5-6-17/h9-10H,3-5,7-8,18H2,1-2H3,(H,19,21). The van der Waals surface area contributed by atoms with Crippen LogP contribution in [-0.4, -0.2) is 37.0 Å². The van der Waals surface area contributed by atoms with Crippen molar-refractivity contribution in [1.82, 2.24) is 10.2 Å². The molecule has 0 bridgehead atoms. The van der Waals surface area contributed by atoms with Gasteiger partial charge in [0.2, 0.25) is 0 Å². The molecule has 5 nitrogen and oxygen atoms in total. The number of nitrogens with two attached hydrogens (primary N) is 1. The number of carbonyl (C=O) groups is 1. The molecule has 6 heteroatoms. The number of benzene rings is 1. The van der Waals surface area contributed by atoms with Crippen molar-refractivity contribution in [1.29, 1.82) is 5.26 Å². The summed E-state index contributed by atoms with van der Waals surface area (Å²) in [6.07, 6.45) is 0.125. The van der Waals surface area contributed by atoms with Crippen LogP contribution in [-0.2, 0) is 6.42 Å². The molecule has 114 valence electrons. The molecular formula is C15H21ClN4O. The van der Waals surface area contributed by atoms with Gasteiger partial charge in [-0.1, -0.05) is 25.4 Å². The lowest BCUT2D eigenvalue weighted by Gasteiger charge is -2.18. The molecule has 0 saturated heterocycles. The van der Waals surface area contributed by atoms with Gasteiger partial charge >= 0.3 is 0 Å². The van der Waals surface area contributed by atoms with E-state index in [0.717, 1.165) is 19.6 Å². The Balaban J connectivity index is 2.77. The number of nitrogen functional groups attached to an aromatic ring is 1. The van der Waals surface area contributed by atoms with Crippen molar-refractivity contribution in [2.45, 2.75) is 20.3 Å². The average molecular weight is 309 g/mol. The van der Waals surface area contributed by atoms with Gasteiger partial charge in [-0.05, 0) is 30.8 Å². The first kappa shape index (κ1) is 17.3. The summed E-state index contributed by atoms with van der Waals surface area (Å²) in [7, 11) is 0. The number of anilines is 1. The van der Waals surface area contributed by atoms with Crippen molar-refractivity contribution in [3.8, 4) is 6.07 Å². The number of hydrogen-bond acceptors (Lipinski definition) is 4. The van der Waals surface area contributed by atoms with Crippen LogP contribution < -0.4 is 11.1 Å².